The van der Waals surface area contributed by atoms with E-state index in [0.29, 0.717) is 17.6 Å². The smallest absolute Gasteiger partial charge is 0.234 e. The molecule has 0 radical (unpaired) electrons. The molecule has 1 aromatic rings. The van der Waals surface area contributed by atoms with Gasteiger partial charge >= 0.3 is 0 Å². The number of nitrogen functional groups attached to an aromatic ring is 1. The Morgan fingerprint density at radius 1 is 1.31 bits per heavy atom. The first-order valence-electron chi connectivity index (χ1n) is 5.80. The zero-order valence-corrected chi connectivity index (χ0v) is 9.35. The highest BCUT2D eigenvalue weighted by atomic mass is 16.5. The maximum Gasteiger partial charge on any atom is 0.234 e. The summed E-state index contributed by atoms with van der Waals surface area (Å²) in [6, 6.07) is 0. The lowest BCUT2D eigenvalue weighted by atomic mass is 9.90. The van der Waals surface area contributed by atoms with Crippen molar-refractivity contribution in [3.63, 3.8) is 0 Å². The average Bonchev–Trinajstić information content (AvgIpc) is 2.38. The van der Waals surface area contributed by atoms with Crippen LogP contribution in [0.3, 0.4) is 0 Å². The molecule has 1 aromatic heterocycles. The molecule has 1 fully saturated rings. The van der Waals surface area contributed by atoms with Gasteiger partial charge in [-0.1, -0.05) is 19.3 Å². The number of ether oxygens (including phenoxy) is 1. The summed E-state index contributed by atoms with van der Waals surface area (Å²) in [7, 11) is 0. The van der Waals surface area contributed by atoms with Gasteiger partial charge in [-0.25, -0.2) is 5.84 Å². The van der Waals surface area contributed by atoms with Crippen LogP contribution >= 0.6 is 0 Å². The quantitative estimate of drug-likeness (QED) is 0.599. The predicted molar refractivity (Wildman–Crippen MR) is 61.9 cm³/mol. The average molecular weight is 222 g/mol. The van der Waals surface area contributed by atoms with E-state index in [0.717, 1.165) is 6.61 Å². The van der Waals surface area contributed by atoms with Crippen LogP contribution in [0.4, 0.5) is 5.82 Å². The molecule has 0 aromatic carbocycles. The minimum Gasteiger partial charge on any atom is -0.476 e. The second-order valence-corrected chi connectivity index (χ2v) is 4.20. The molecular formula is C11H18N4O. The Balaban J connectivity index is 1.83. The second kappa shape index (κ2) is 5.65. The van der Waals surface area contributed by atoms with E-state index in [4.69, 9.17) is 10.6 Å². The van der Waals surface area contributed by atoms with Crippen molar-refractivity contribution in [1.82, 2.24) is 9.97 Å². The maximum atomic E-state index is 5.62. The third kappa shape index (κ3) is 3.06. The molecule has 5 nitrogen and oxygen atoms in total. The van der Waals surface area contributed by atoms with Crippen molar-refractivity contribution in [1.29, 1.82) is 0 Å². The van der Waals surface area contributed by atoms with Gasteiger partial charge in [-0.15, -0.1) is 0 Å². The van der Waals surface area contributed by atoms with Crippen LogP contribution < -0.4 is 16.0 Å². The Hall–Kier alpha value is -1.36. The van der Waals surface area contributed by atoms with E-state index in [9.17, 15) is 0 Å². The number of nitrogens with one attached hydrogen (secondary N) is 1. The van der Waals surface area contributed by atoms with Crippen molar-refractivity contribution in [3.05, 3.63) is 12.4 Å². The van der Waals surface area contributed by atoms with E-state index in [2.05, 4.69) is 15.4 Å². The number of hydrogen-bond donors (Lipinski definition) is 2. The fraction of sp³-hybridized carbons (Fsp3) is 0.636. The van der Waals surface area contributed by atoms with Crippen molar-refractivity contribution < 1.29 is 4.74 Å². The van der Waals surface area contributed by atoms with E-state index in [1.807, 2.05) is 0 Å². The molecule has 0 saturated heterocycles. The molecule has 1 aliphatic carbocycles. The van der Waals surface area contributed by atoms with Gasteiger partial charge in [0.2, 0.25) is 5.88 Å². The van der Waals surface area contributed by atoms with Crippen LogP contribution in [0.1, 0.15) is 32.1 Å². The summed E-state index contributed by atoms with van der Waals surface area (Å²) in [6.45, 7) is 0.739. The lowest BCUT2D eigenvalue weighted by molar-refractivity contribution is 0.202. The SMILES string of the molecule is NNc1cncc(OCC2CCCCC2)n1. The highest BCUT2D eigenvalue weighted by Gasteiger charge is 2.14. The molecule has 0 spiro atoms. The molecule has 0 atom stereocenters. The Labute approximate surface area is 95.4 Å². The molecule has 0 bridgehead atoms. The van der Waals surface area contributed by atoms with Gasteiger partial charge in [-0.05, 0) is 18.8 Å². The highest BCUT2D eigenvalue weighted by molar-refractivity contribution is 5.31. The molecule has 0 unspecified atom stereocenters. The van der Waals surface area contributed by atoms with Crippen LogP contribution in [-0.4, -0.2) is 16.6 Å². The van der Waals surface area contributed by atoms with Gasteiger partial charge in [0, 0.05) is 0 Å². The second-order valence-electron chi connectivity index (χ2n) is 4.20. The largest absolute Gasteiger partial charge is 0.476 e. The van der Waals surface area contributed by atoms with Crippen LogP contribution in [-0.2, 0) is 0 Å². The molecule has 2 rings (SSSR count). The van der Waals surface area contributed by atoms with Crippen LogP contribution in [0.2, 0.25) is 0 Å². The first kappa shape index (κ1) is 11.1. The van der Waals surface area contributed by atoms with E-state index < -0.39 is 0 Å². The summed E-state index contributed by atoms with van der Waals surface area (Å²) in [5.41, 5.74) is 2.45. The standard InChI is InChI=1S/C11H18N4O/c12-15-10-6-13-7-11(14-10)16-8-9-4-2-1-3-5-9/h6-7,9H,1-5,8,12H2,(H,14,15). The topological polar surface area (TPSA) is 73.1 Å². The van der Waals surface area contributed by atoms with Gasteiger partial charge in [0.1, 0.15) is 0 Å². The van der Waals surface area contributed by atoms with Crippen LogP contribution in [0, 0.1) is 5.92 Å². The normalized spacial score (nSPS) is 17.1. The molecule has 1 aliphatic rings. The van der Waals surface area contributed by atoms with Crippen LogP contribution in [0.5, 0.6) is 5.88 Å². The van der Waals surface area contributed by atoms with Gasteiger partial charge in [0.05, 0.1) is 19.0 Å². The Bertz CT molecular complexity index is 326. The summed E-state index contributed by atoms with van der Waals surface area (Å²) in [4.78, 5) is 8.14. The van der Waals surface area contributed by atoms with Crippen molar-refractivity contribution in [2.24, 2.45) is 11.8 Å². The molecule has 1 heterocycles. The summed E-state index contributed by atoms with van der Waals surface area (Å²) in [6.07, 6.45) is 9.72. The highest BCUT2D eigenvalue weighted by Crippen LogP contribution is 2.24. The lowest BCUT2D eigenvalue weighted by Gasteiger charge is -2.21. The molecule has 3 N–H and O–H groups in total. The van der Waals surface area contributed by atoms with Gasteiger partial charge in [0.25, 0.3) is 0 Å². The first-order chi connectivity index (χ1) is 7.88. The first-order valence-corrected chi connectivity index (χ1v) is 5.80. The van der Waals surface area contributed by atoms with Gasteiger partial charge in [0.15, 0.2) is 5.82 Å². The summed E-state index contributed by atoms with van der Waals surface area (Å²) >= 11 is 0. The Kier molecular flexibility index (Phi) is 3.93. The zero-order chi connectivity index (χ0) is 11.2. The van der Waals surface area contributed by atoms with Crippen molar-refractivity contribution >= 4 is 5.82 Å². The van der Waals surface area contributed by atoms with Gasteiger partial charge < -0.3 is 10.2 Å². The molecule has 0 aliphatic heterocycles. The summed E-state index contributed by atoms with van der Waals surface area (Å²) in [5.74, 6) is 6.99. The number of nitrogens with two attached hydrogens (primary N) is 1. The third-order valence-corrected chi connectivity index (χ3v) is 2.95. The minimum absolute atomic E-state index is 0.529. The van der Waals surface area contributed by atoms with E-state index in [1.54, 1.807) is 12.4 Å². The Morgan fingerprint density at radius 2 is 2.12 bits per heavy atom. The zero-order valence-electron chi connectivity index (χ0n) is 9.35. The Morgan fingerprint density at radius 3 is 2.88 bits per heavy atom. The van der Waals surface area contributed by atoms with Crippen molar-refractivity contribution in [2.75, 3.05) is 12.0 Å². The number of aromatic nitrogens is 2. The summed E-state index contributed by atoms with van der Waals surface area (Å²) in [5, 5.41) is 0. The van der Waals surface area contributed by atoms with E-state index in [-0.39, 0.29) is 0 Å². The van der Waals surface area contributed by atoms with E-state index >= 15 is 0 Å². The fourth-order valence-corrected chi connectivity index (χ4v) is 2.04. The number of hydrazine groups is 1. The van der Waals surface area contributed by atoms with Crippen LogP contribution in [0.25, 0.3) is 0 Å². The number of anilines is 1. The van der Waals surface area contributed by atoms with Gasteiger partial charge in [-0.3, -0.25) is 4.98 Å². The predicted octanol–water partition coefficient (Wildman–Crippen LogP) is 1.72. The van der Waals surface area contributed by atoms with Crippen LogP contribution in [0.15, 0.2) is 12.4 Å². The number of nitrogens with zero attached hydrogens (tertiary/aromatic N) is 2. The number of hydrogen-bond acceptors (Lipinski definition) is 5. The van der Waals surface area contributed by atoms with Crippen molar-refractivity contribution in [3.8, 4) is 5.88 Å². The molecule has 1 saturated carbocycles. The van der Waals surface area contributed by atoms with E-state index in [1.165, 1.54) is 32.1 Å². The fourth-order valence-electron chi connectivity index (χ4n) is 2.04. The molecular weight excluding hydrogens is 204 g/mol. The molecule has 88 valence electrons. The van der Waals surface area contributed by atoms with Crippen molar-refractivity contribution in [2.45, 2.75) is 32.1 Å². The monoisotopic (exact) mass is 222 g/mol. The summed E-state index contributed by atoms with van der Waals surface area (Å²) < 4.78 is 5.62. The molecule has 0 amide bonds. The minimum atomic E-state index is 0.529. The third-order valence-electron chi connectivity index (χ3n) is 2.95. The van der Waals surface area contributed by atoms with Gasteiger partial charge in [-0.2, -0.15) is 4.98 Å². The number of rotatable bonds is 4. The maximum absolute atomic E-state index is 5.62. The molecule has 5 heteroatoms. The lowest BCUT2D eigenvalue weighted by Crippen LogP contribution is -2.16. The molecule has 16 heavy (non-hydrogen) atoms.